The highest BCUT2D eigenvalue weighted by molar-refractivity contribution is 7.88. The third kappa shape index (κ3) is 12.3. The molecular weight excluding hydrogens is 1190 g/mol. The molecule has 94 heavy (non-hydrogen) atoms. The maximum atomic E-state index is 12.4. The number of benzene rings is 8. The van der Waals surface area contributed by atoms with Crippen LogP contribution in [0.4, 0.5) is 11.6 Å². The van der Waals surface area contributed by atoms with Gasteiger partial charge < -0.3 is 24.6 Å². The van der Waals surface area contributed by atoms with Crippen LogP contribution >= 0.6 is 0 Å². The van der Waals surface area contributed by atoms with Crippen LogP contribution in [-0.4, -0.2) is 112 Å². The fraction of sp³-hybridized carbons (Fsp3) is 0.241. The van der Waals surface area contributed by atoms with Crippen molar-refractivity contribution >= 4 is 43.5 Å². The highest BCUT2D eigenvalue weighted by Crippen LogP contribution is 2.47. The number of sulfonamides is 1. The summed E-state index contributed by atoms with van der Waals surface area (Å²) in [6, 6.07) is 84.9. The molecule has 0 saturated carbocycles. The Morgan fingerprint density at radius 1 is 0.457 bits per heavy atom. The smallest absolute Gasteiger partial charge is 0.211 e. The molecule has 2 atom stereocenters. The van der Waals surface area contributed by atoms with E-state index in [1.165, 1.54) is 6.26 Å². The van der Waals surface area contributed by atoms with Gasteiger partial charge >= 0.3 is 0 Å². The molecule has 2 aliphatic heterocycles. The number of hydrogen-bond acceptors (Lipinski definition) is 11. The lowest BCUT2D eigenvalue weighted by Gasteiger charge is -2.38. The molecule has 8 aromatic carbocycles. The molecule has 14 nitrogen and oxygen atoms in total. The highest BCUT2D eigenvalue weighted by atomic mass is 32.2. The van der Waals surface area contributed by atoms with E-state index in [0.717, 1.165) is 120 Å². The van der Waals surface area contributed by atoms with Gasteiger partial charge in [0, 0.05) is 85.6 Å². The van der Waals surface area contributed by atoms with Crippen LogP contribution in [0.3, 0.4) is 0 Å². The number of anilines is 2. The predicted molar refractivity (Wildman–Crippen MR) is 380 cm³/mol. The number of nitrogens with zero attached hydrogens (tertiary/aromatic N) is 9. The molecule has 0 bridgehead atoms. The average molecular weight is 1270 g/mol. The van der Waals surface area contributed by atoms with Crippen molar-refractivity contribution in [3.8, 4) is 34.0 Å². The van der Waals surface area contributed by atoms with E-state index in [1.54, 1.807) is 4.31 Å². The van der Waals surface area contributed by atoms with Crippen molar-refractivity contribution in [2.75, 3.05) is 55.3 Å². The maximum Gasteiger partial charge on any atom is 0.211 e. The number of aromatic nitrogens is 6. The first-order valence-corrected chi connectivity index (χ1v) is 34.4. The molecule has 15 heteroatoms. The van der Waals surface area contributed by atoms with Crippen LogP contribution in [-0.2, 0) is 21.1 Å². The van der Waals surface area contributed by atoms with E-state index < -0.39 is 21.1 Å². The first-order valence-electron chi connectivity index (χ1n) is 32.6. The predicted octanol–water partition coefficient (Wildman–Crippen LogP) is 14.7. The van der Waals surface area contributed by atoms with Gasteiger partial charge in [0.05, 0.1) is 29.5 Å². The van der Waals surface area contributed by atoms with Crippen LogP contribution in [0.1, 0.15) is 74.9 Å². The van der Waals surface area contributed by atoms with Gasteiger partial charge in [-0.3, -0.25) is 0 Å². The topological polar surface area (TPSA) is 136 Å². The Kier molecular flexibility index (Phi) is 18.0. The van der Waals surface area contributed by atoms with Crippen molar-refractivity contribution in [1.82, 2.24) is 39.2 Å². The summed E-state index contributed by atoms with van der Waals surface area (Å²) in [4.78, 5) is 14.1. The van der Waals surface area contributed by atoms with E-state index in [4.69, 9.17) is 29.6 Å². The minimum Gasteiger partial charge on any atom is -0.491 e. The van der Waals surface area contributed by atoms with E-state index in [9.17, 15) is 8.42 Å². The Balaban J connectivity index is 0.000000171. The molecule has 0 spiro atoms. The van der Waals surface area contributed by atoms with Crippen LogP contribution < -0.4 is 24.6 Å². The summed E-state index contributed by atoms with van der Waals surface area (Å²) in [6.07, 6.45) is 5.07. The van der Waals surface area contributed by atoms with E-state index in [0.29, 0.717) is 25.7 Å². The van der Waals surface area contributed by atoms with E-state index in [1.807, 2.05) is 63.5 Å². The van der Waals surface area contributed by atoms with Gasteiger partial charge in [0.25, 0.3) is 0 Å². The minimum atomic E-state index is -3.29. The van der Waals surface area contributed by atoms with Crippen LogP contribution in [0.5, 0.6) is 11.5 Å². The van der Waals surface area contributed by atoms with Gasteiger partial charge in [0.1, 0.15) is 45.6 Å². The van der Waals surface area contributed by atoms with Gasteiger partial charge in [-0.15, -0.1) is 0 Å². The van der Waals surface area contributed by atoms with E-state index in [-0.39, 0.29) is 18.2 Å². The van der Waals surface area contributed by atoms with Gasteiger partial charge in [-0.1, -0.05) is 182 Å². The van der Waals surface area contributed by atoms with Gasteiger partial charge in [0.15, 0.2) is 0 Å². The van der Waals surface area contributed by atoms with Crippen molar-refractivity contribution in [2.45, 2.75) is 76.9 Å². The van der Waals surface area contributed by atoms with Crippen molar-refractivity contribution in [2.24, 2.45) is 0 Å². The zero-order valence-electron chi connectivity index (χ0n) is 54.4. The molecule has 6 heterocycles. The SMILES string of the molecule is CC(C)Oc1ccc2c(c1)c(-c1ccnc(N3CCN(S(C)(=O)=O)C(C)C3)c1)nn2C(c1ccccc1)(c1ccccc1)c1ccccc1.CC1CN(c2cc(-c3nn(C(c4ccccc4)(c4ccccc4)c4ccccc4)c4ccc(OC(C)C)cc34)ccn2)CCN1. The number of nitrogens with one attached hydrogen (secondary N) is 1. The number of piperazine rings is 2. The second-order valence-corrected chi connectivity index (χ2v) is 27.0. The molecule has 0 radical (unpaired) electrons. The molecule has 12 aromatic rings. The number of rotatable bonds is 17. The number of fused-ring (bicyclic) bond motifs is 2. The summed E-state index contributed by atoms with van der Waals surface area (Å²) in [7, 11) is -3.29. The molecular formula is C79H80N10O4S. The second-order valence-electron chi connectivity index (χ2n) is 25.1. The lowest BCUT2D eigenvalue weighted by Crippen LogP contribution is -2.53. The fourth-order valence-electron chi connectivity index (χ4n) is 13.9. The molecule has 0 aliphatic carbocycles. The van der Waals surface area contributed by atoms with Crippen molar-refractivity contribution in [1.29, 1.82) is 0 Å². The molecule has 4 aromatic heterocycles. The number of pyridine rings is 2. The first kappa shape index (κ1) is 62.9. The van der Waals surface area contributed by atoms with Crippen LogP contribution in [0.25, 0.3) is 44.3 Å². The third-order valence-electron chi connectivity index (χ3n) is 17.9. The van der Waals surface area contributed by atoms with Crippen molar-refractivity contribution in [3.05, 3.63) is 288 Å². The largest absolute Gasteiger partial charge is 0.491 e. The van der Waals surface area contributed by atoms with E-state index >= 15 is 0 Å². The van der Waals surface area contributed by atoms with Crippen molar-refractivity contribution in [3.63, 3.8) is 0 Å². The summed E-state index contributed by atoms with van der Waals surface area (Å²) in [5.41, 5.74) is 10.7. The molecule has 2 unspecified atom stereocenters. The molecule has 2 saturated heterocycles. The second kappa shape index (κ2) is 27.0. The summed E-state index contributed by atoms with van der Waals surface area (Å²) in [5, 5.41) is 16.7. The van der Waals surface area contributed by atoms with Crippen molar-refractivity contribution < 1.29 is 17.9 Å². The lowest BCUT2D eigenvalue weighted by molar-refractivity contribution is 0.242. The minimum absolute atomic E-state index is 0.00751. The standard InChI is InChI=1S/C40H41N5O3S.C39H39N5O/c1-29(2)48-35-20-21-37-36(27-35)39(31-22-23-41-38(26-31)43-24-25-44(30(3)28-43)49(4,46)47)42-45(37)40(32-14-8-5-9-15-32,33-16-10-6-11-17-33)34-18-12-7-13-19-34;1-28(2)45-34-19-20-36-35(26-34)38(30-21-22-41-37(25-30)43-24-23-40-29(3)27-43)42-44(36)39(31-13-7-4-8-14-31,32-15-9-5-10-16-32)33-17-11-6-12-18-33/h5-23,26-27,29-30H,24-25,28H2,1-4H3;4-22,25-26,28-29,40H,23-24,27H2,1-3H3. The fourth-order valence-corrected chi connectivity index (χ4v) is 15.0. The van der Waals surface area contributed by atoms with E-state index in [2.05, 4.69) is 258 Å². The van der Waals surface area contributed by atoms with Crippen LogP contribution in [0.2, 0.25) is 0 Å². The average Bonchev–Trinajstić information content (AvgIpc) is 1.47. The Bertz CT molecular complexity index is 4460. The third-order valence-corrected chi connectivity index (χ3v) is 19.3. The summed E-state index contributed by atoms with van der Waals surface area (Å²) < 4.78 is 43.1. The Labute approximate surface area is 552 Å². The Morgan fingerprint density at radius 2 is 0.819 bits per heavy atom. The number of hydrogen-bond donors (Lipinski definition) is 1. The lowest BCUT2D eigenvalue weighted by atomic mass is 9.77. The Hall–Kier alpha value is -9.93. The Morgan fingerprint density at radius 3 is 1.15 bits per heavy atom. The zero-order chi connectivity index (χ0) is 65.0. The summed E-state index contributed by atoms with van der Waals surface area (Å²) in [6.45, 7) is 16.6. The first-order chi connectivity index (χ1) is 45.7. The van der Waals surface area contributed by atoms with Gasteiger partial charge in [0.2, 0.25) is 10.0 Å². The zero-order valence-corrected chi connectivity index (χ0v) is 55.2. The normalized spacial score (nSPS) is 15.7. The van der Waals surface area contributed by atoms with Gasteiger partial charge in [-0.25, -0.2) is 27.7 Å². The monoisotopic (exact) mass is 1260 g/mol. The molecule has 2 fully saturated rings. The molecule has 2 aliphatic rings. The number of ether oxygens (including phenoxy) is 2. The van der Waals surface area contributed by atoms with Gasteiger partial charge in [-0.05, 0) is 136 Å². The van der Waals surface area contributed by atoms with Crippen LogP contribution in [0.15, 0.2) is 255 Å². The molecule has 476 valence electrons. The molecule has 1 N–H and O–H groups in total. The molecule has 0 amide bonds. The maximum absolute atomic E-state index is 12.4. The highest BCUT2D eigenvalue weighted by Gasteiger charge is 2.43. The van der Waals surface area contributed by atoms with Crippen LogP contribution in [0, 0.1) is 0 Å². The quantitative estimate of drug-likeness (QED) is 0.0873. The molecule has 14 rings (SSSR count). The summed E-state index contributed by atoms with van der Waals surface area (Å²) >= 11 is 0. The summed E-state index contributed by atoms with van der Waals surface area (Å²) in [5.74, 6) is 3.36. The van der Waals surface area contributed by atoms with Gasteiger partial charge in [-0.2, -0.15) is 14.5 Å².